The molecule has 3 rings (SSSR count). The van der Waals surface area contributed by atoms with Crippen molar-refractivity contribution in [2.24, 2.45) is 4.99 Å². The Labute approximate surface area is 201 Å². The van der Waals surface area contributed by atoms with Gasteiger partial charge in [0.2, 0.25) is 0 Å². The van der Waals surface area contributed by atoms with Crippen LogP contribution in [0.4, 0.5) is 5.69 Å². The smallest absolute Gasteiger partial charge is 0.0926 e. The largest absolute Gasteiger partial charge is 0.193 e. The number of nitrogens with zero attached hydrogens (tertiary/aromatic N) is 1. The van der Waals surface area contributed by atoms with E-state index in [4.69, 9.17) is 11.6 Å². The highest BCUT2D eigenvalue weighted by atomic mass is 35.5. The third kappa shape index (κ3) is 7.23. The summed E-state index contributed by atoms with van der Waals surface area (Å²) < 4.78 is 0. The summed E-state index contributed by atoms with van der Waals surface area (Å²) in [6, 6.07) is 21.9. The fraction of sp³-hybridized carbons (Fsp3) is 0.207. The van der Waals surface area contributed by atoms with E-state index in [0.717, 1.165) is 34.2 Å². The van der Waals surface area contributed by atoms with Crippen molar-refractivity contribution >= 4 is 34.7 Å². The minimum absolute atomic E-state index is 0.549. The predicted octanol–water partition coefficient (Wildman–Crippen LogP) is 8.46. The molecule has 0 radical (unpaired) electrons. The quantitative estimate of drug-likeness (QED) is 0.158. The number of benzene rings is 3. The summed E-state index contributed by atoms with van der Waals surface area (Å²) in [5, 5.41) is 2.89. The molecule has 1 nitrogen and oxygen atoms in total. The van der Waals surface area contributed by atoms with E-state index in [1.807, 2.05) is 66.7 Å². The van der Waals surface area contributed by atoms with Crippen molar-refractivity contribution in [3.8, 4) is 34.8 Å². The van der Waals surface area contributed by atoms with Gasteiger partial charge in [0.15, 0.2) is 0 Å². The van der Waals surface area contributed by atoms with Gasteiger partial charge in [-0.15, -0.1) is 0 Å². The van der Waals surface area contributed by atoms with Crippen LogP contribution in [0, 0.1) is 23.7 Å². The highest BCUT2D eigenvalue weighted by Gasteiger charge is 2.03. The minimum Gasteiger partial charge on any atom is -0.193 e. The topological polar surface area (TPSA) is 12.4 Å². The van der Waals surface area contributed by atoms with E-state index in [2.05, 4.69) is 53.0 Å². The number of halogens is 1. The molecule has 0 saturated heterocycles. The van der Waals surface area contributed by atoms with E-state index >= 15 is 0 Å². The Morgan fingerprint density at radius 3 is 1.94 bits per heavy atom. The lowest BCUT2D eigenvalue weighted by atomic mass is 10.0. The minimum atomic E-state index is 0.549. The van der Waals surface area contributed by atoms with Gasteiger partial charge in [0.25, 0.3) is 0 Å². The fourth-order valence-corrected chi connectivity index (χ4v) is 3.48. The molecule has 0 atom stereocenters. The molecule has 0 aliphatic rings. The van der Waals surface area contributed by atoms with E-state index in [0.29, 0.717) is 10.7 Å². The van der Waals surface area contributed by atoms with Gasteiger partial charge in [-0.25, -0.2) is 0 Å². The Balaban J connectivity index is 1.62. The molecule has 0 aliphatic carbocycles. The first-order chi connectivity index (χ1) is 15.7. The molecule has 0 fully saturated rings. The molecular weight excluding hydrogens is 430 g/mol. The van der Waals surface area contributed by atoms with Crippen molar-refractivity contribution < 1.29 is 0 Å². The second kappa shape index (κ2) is 12.7. The molecule has 0 N–H and O–H groups in total. The van der Waals surface area contributed by atoms with Crippen LogP contribution >= 0.6 is 23.8 Å². The van der Waals surface area contributed by atoms with Gasteiger partial charge in [0.05, 0.1) is 15.9 Å². The van der Waals surface area contributed by atoms with Gasteiger partial charge < -0.3 is 0 Å². The summed E-state index contributed by atoms with van der Waals surface area (Å²) in [7, 11) is 0. The Bertz CT molecular complexity index is 1210. The van der Waals surface area contributed by atoms with E-state index < -0.39 is 0 Å². The van der Waals surface area contributed by atoms with Crippen molar-refractivity contribution in [1.82, 2.24) is 0 Å². The first-order valence-electron chi connectivity index (χ1n) is 10.8. The van der Waals surface area contributed by atoms with Crippen LogP contribution in [0.15, 0.2) is 71.7 Å². The summed E-state index contributed by atoms with van der Waals surface area (Å²) in [4.78, 5) is 3.95. The lowest BCUT2D eigenvalue weighted by Gasteiger charge is -2.04. The zero-order valence-electron chi connectivity index (χ0n) is 18.1. The number of thiocarbonyl (C=S) groups is 1. The van der Waals surface area contributed by atoms with Gasteiger partial charge in [0.1, 0.15) is 0 Å². The van der Waals surface area contributed by atoms with Crippen LogP contribution in [-0.2, 0) is 0 Å². The second-order valence-corrected chi connectivity index (χ2v) is 7.98. The van der Waals surface area contributed by atoms with Crippen LogP contribution in [0.3, 0.4) is 0 Å². The van der Waals surface area contributed by atoms with Gasteiger partial charge in [0, 0.05) is 23.1 Å². The van der Waals surface area contributed by atoms with Gasteiger partial charge >= 0.3 is 0 Å². The summed E-state index contributed by atoms with van der Waals surface area (Å²) in [5.41, 5.74) is 5.67. The van der Waals surface area contributed by atoms with Crippen LogP contribution in [0.1, 0.15) is 55.7 Å². The Morgan fingerprint density at radius 1 is 0.750 bits per heavy atom. The van der Waals surface area contributed by atoms with Gasteiger partial charge in [-0.2, -0.15) is 4.99 Å². The second-order valence-electron chi connectivity index (χ2n) is 7.39. The van der Waals surface area contributed by atoms with Crippen LogP contribution in [0.5, 0.6) is 0 Å². The van der Waals surface area contributed by atoms with E-state index in [1.54, 1.807) is 0 Å². The van der Waals surface area contributed by atoms with Crippen molar-refractivity contribution in [3.63, 3.8) is 0 Å². The number of unbranched alkanes of at least 4 members (excludes halogenated alkanes) is 4. The van der Waals surface area contributed by atoms with Crippen molar-refractivity contribution in [2.75, 3.05) is 0 Å². The van der Waals surface area contributed by atoms with Crippen molar-refractivity contribution in [2.45, 2.75) is 39.0 Å². The molecular formula is C29H24ClNS. The van der Waals surface area contributed by atoms with Crippen LogP contribution in [-0.4, -0.2) is 5.16 Å². The van der Waals surface area contributed by atoms with E-state index in [1.165, 1.54) is 25.7 Å². The summed E-state index contributed by atoms with van der Waals surface area (Å²) in [6.07, 6.45) is 5.97. The molecule has 0 aromatic heterocycles. The molecule has 0 saturated carbocycles. The number of rotatable bonds is 6. The number of isothiocyanates is 1. The standard InChI is InChI=1S/C29H24ClNS/c1-2-3-4-5-6-7-8-23-9-11-24(12-10-23)13-14-25-15-17-26(18-16-25)27-19-20-29(31-22-32)28(30)21-27/h9-12,15-21H,2-6H2,1H3. The molecule has 3 aromatic carbocycles. The number of hydrogen-bond acceptors (Lipinski definition) is 2. The van der Waals surface area contributed by atoms with E-state index in [-0.39, 0.29) is 0 Å². The highest BCUT2D eigenvalue weighted by Crippen LogP contribution is 2.30. The zero-order valence-corrected chi connectivity index (χ0v) is 19.7. The molecule has 0 heterocycles. The summed E-state index contributed by atoms with van der Waals surface area (Å²) in [6.45, 7) is 2.22. The summed E-state index contributed by atoms with van der Waals surface area (Å²) in [5.74, 6) is 12.9. The first-order valence-corrected chi connectivity index (χ1v) is 11.6. The van der Waals surface area contributed by atoms with E-state index in [9.17, 15) is 0 Å². The predicted molar refractivity (Wildman–Crippen MR) is 140 cm³/mol. The third-order valence-corrected chi connectivity index (χ3v) is 5.35. The average Bonchev–Trinajstić information content (AvgIpc) is 2.82. The number of hydrogen-bond donors (Lipinski definition) is 0. The molecule has 158 valence electrons. The van der Waals surface area contributed by atoms with Crippen LogP contribution in [0.2, 0.25) is 5.02 Å². The lowest BCUT2D eigenvalue weighted by Crippen LogP contribution is -1.81. The van der Waals surface area contributed by atoms with Gasteiger partial charge in [-0.1, -0.05) is 79.7 Å². The molecule has 0 spiro atoms. The van der Waals surface area contributed by atoms with Crippen LogP contribution < -0.4 is 0 Å². The molecule has 3 heteroatoms. The molecule has 3 aromatic rings. The zero-order chi connectivity index (χ0) is 22.6. The normalized spacial score (nSPS) is 9.69. The monoisotopic (exact) mass is 453 g/mol. The Kier molecular flexibility index (Phi) is 9.31. The Hall–Kier alpha value is -3.13. The molecule has 0 bridgehead atoms. The molecule has 0 unspecified atom stereocenters. The maximum Gasteiger partial charge on any atom is 0.0926 e. The average molecular weight is 454 g/mol. The van der Waals surface area contributed by atoms with Gasteiger partial charge in [-0.3, -0.25) is 0 Å². The lowest BCUT2D eigenvalue weighted by molar-refractivity contribution is 0.679. The van der Waals surface area contributed by atoms with Crippen molar-refractivity contribution in [1.29, 1.82) is 0 Å². The maximum absolute atomic E-state index is 6.26. The molecule has 0 amide bonds. The SMILES string of the molecule is CCCCCCC#Cc1ccc(C#Cc2ccc(-c3ccc(N=C=S)c(Cl)c3)cc2)cc1. The molecule has 32 heavy (non-hydrogen) atoms. The molecule has 0 aliphatic heterocycles. The number of aliphatic imine (C=N–C) groups is 1. The highest BCUT2D eigenvalue weighted by molar-refractivity contribution is 7.78. The summed E-state index contributed by atoms with van der Waals surface area (Å²) >= 11 is 10.9. The Morgan fingerprint density at radius 2 is 1.34 bits per heavy atom. The first kappa shape index (κ1) is 23.5. The third-order valence-electron chi connectivity index (χ3n) is 4.96. The van der Waals surface area contributed by atoms with Crippen molar-refractivity contribution in [3.05, 3.63) is 88.4 Å². The van der Waals surface area contributed by atoms with Gasteiger partial charge in [-0.05, 0) is 78.3 Å². The maximum atomic E-state index is 6.26. The van der Waals surface area contributed by atoms with Crippen LogP contribution in [0.25, 0.3) is 11.1 Å². The fourth-order valence-electron chi connectivity index (χ4n) is 3.16.